The van der Waals surface area contributed by atoms with Crippen LogP contribution in [0.3, 0.4) is 0 Å². The molecule has 4 aromatic rings. The molecule has 5 rings (SSSR count). The molecule has 0 bridgehead atoms. The maximum absolute atomic E-state index is 5.98. The molecule has 0 saturated heterocycles. The number of fused-ring (bicyclic) bond motifs is 4. The number of para-hydroxylation sites is 1. The second-order valence-corrected chi connectivity index (χ2v) is 5.73. The molecule has 112 valence electrons. The van der Waals surface area contributed by atoms with Gasteiger partial charge in [-0.3, -0.25) is 0 Å². The highest BCUT2D eigenvalue weighted by atomic mass is 16.3. The molecular weight excluding hydrogens is 288 g/mol. The van der Waals surface area contributed by atoms with Crippen molar-refractivity contribution in [1.82, 2.24) is 20.3 Å². The van der Waals surface area contributed by atoms with Gasteiger partial charge < -0.3 is 9.73 Å². The van der Waals surface area contributed by atoms with Gasteiger partial charge in [-0.15, -0.1) is 5.10 Å². The second-order valence-electron chi connectivity index (χ2n) is 5.73. The summed E-state index contributed by atoms with van der Waals surface area (Å²) in [5.74, 6) is 0.886. The summed E-state index contributed by atoms with van der Waals surface area (Å²) < 4.78 is 7.88. The Hall–Kier alpha value is -2.92. The van der Waals surface area contributed by atoms with Crippen molar-refractivity contribution in [2.75, 3.05) is 0 Å². The minimum atomic E-state index is 0.766. The Bertz CT molecular complexity index is 982. The van der Waals surface area contributed by atoms with Crippen LogP contribution in [0.5, 0.6) is 0 Å². The highest BCUT2D eigenvalue weighted by Crippen LogP contribution is 2.30. The summed E-state index contributed by atoms with van der Waals surface area (Å²) in [6, 6.07) is 16.5. The Balaban J connectivity index is 1.65. The Labute approximate surface area is 132 Å². The van der Waals surface area contributed by atoms with Crippen LogP contribution < -0.4 is 5.32 Å². The maximum atomic E-state index is 5.98. The molecule has 23 heavy (non-hydrogen) atoms. The quantitative estimate of drug-likeness (QED) is 0.586. The second kappa shape index (κ2) is 4.79. The predicted octanol–water partition coefficient (Wildman–Crippen LogP) is 3.28. The molecule has 0 radical (unpaired) electrons. The first-order valence-corrected chi connectivity index (χ1v) is 7.61. The Kier molecular flexibility index (Phi) is 2.63. The number of furan rings is 1. The molecule has 5 nitrogen and oxygen atoms in total. The molecule has 0 spiro atoms. The standard InChI is InChI=1S/C18H14N4O/c1-2-4-17-12(3-1)8-18(23-17)13-5-6-16-14(7-13)9-19-10-15-11-20-21-22(15)16/h1-8,11,19H,9-10H2. The lowest BCUT2D eigenvalue weighted by molar-refractivity contribution is 0.631. The molecule has 3 heterocycles. The van der Waals surface area contributed by atoms with E-state index in [4.69, 9.17) is 4.42 Å². The van der Waals surface area contributed by atoms with E-state index in [0.29, 0.717) is 0 Å². The Morgan fingerprint density at radius 3 is 2.96 bits per heavy atom. The fourth-order valence-electron chi connectivity index (χ4n) is 3.12. The lowest BCUT2D eigenvalue weighted by atomic mass is 10.1. The van der Waals surface area contributed by atoms with Crippen LogP contribution in [0, 0.1) is 0 Å². The van der Waals surface area contributed by atoms with Crippen LogP contribution in [-0.2, 0) is 13.1 Å². The van der Waals surface area contributed by atoms with Gasteiger partial charge in [-0.2, -0.15) is 0 Å². The zero-order valence-electron chi connectivity index (χ0n) is 12.4. The minimum Gasteiger partial charge on any atom is -0.456 e. The van der Waals surface area contributed by atoms with Crippen LogP contribution in [0.25, 0.3) is 28.0 Å². The highest BCUT2D eigenvalue weighted by molar-refractivity contribution is 5.83. The lowest BCUT2D eigenvalue weighted by Crippen LogP contribution is -2.10. The lowest BCUT2D eigenvalue weighted by Gasteiger charge is -2.08. The van der Waals surface area contributed by atoms with Crippen LogP contribution in [0.15, 0.2) is 59.1 Å². The summed E-state index contributed by atoms with van der Waals surface area (Å²) in [5, 5.41) is 12.7. The predicted molar refractivity (Wildman–Crippen MR) is 87.1 cm³/mol. The van der Waals surface area contributed by atoms with E-state index >= 15 is 0 Å². The summed E-state index contributed by atoms with van der Waals surface area (Å²) in [6.07, 6.45) is 1.80. The molecule has 2 aromatic heterocycles. The van der Waals surface area contributed by atoms with Crippen molar-refractivity contribution in [1.29, 1.82) is 0 Å². The zero-order chi connectivity index (χ0) is 15.2. The first kappa shape index (κ1) is 12.6. The van der Waals surface area contributed by atoms with Gasteiger partial charge in [-0.25, -0.2) is 4.68 Å². The number of hydrogen-bond donors (Lipinski definition) is 1. The van der Waals surface area contributed by atoms with Crippen molar-refractivity contribution in [3.63, 3.8) is 0 Å². The van der Waals surface area contributed by atoms with Crippen molar-refractivity contribution in [3.8, 4) is 17.0 Å². The molecule has 0 fully saturated rings. The van der Waals surface area contributed by atoms with Crippen LogP contribution in [-0.4, -0.2) is 15.0 Å². The number of benzene rings is 2. The SMILES string of the molecule is c1ccc2oc(-c3ccc4c(c3)CNCc3cnnn3-4)cc2c1. The van der Waals surface area contributed by atoms with E-state index in [1.807, 2.05) is 22.9 Å². The molecule has 0 saturated carbocycles. The van der Waals surface area contributed by atoms with Gasteiger partial charge in [-0.1, -0.05) is 23.4 Å². The fraction of sp³-hybridized carbons (Fsp3) is 0.111. The number of nitrogens with zero attached hydrogens (tertiary/aromatic N) is 3. The monoisotopic (exact) mass is 302 g/mol. The first-order valence-electron chi connectivity index (χ1n) is 7.61. The van der Waals surface area contributed by atoms with Gasteiger partial charge in [0, 0.05) is 24.0 Å². The fourth-order valence-corrected chi connectivity index (χ4v) is 3.12. The summed E-state index contributed by atoms with van der Waals surface area (Å²) in [5.41, 5.74) is 5.31. The van der Waals surface area contributed by atoms with Crippen LogP contribution in [0.2, 0.25) is 0 Å². The molecular formula is C18H14N4O. The summed E-state index contributed by atoms with van der Waals surface area (Å²) in [7, 11) is 0. The molecule has 0 aliphatic carbocycles. The normalized spacial score (nSPS) is 13.6. The number of hydrogen-bond acceptors (Lipinski definition) is 4. The summed E-state index contributed by atoms with van der Waals surface area (Å²) >= 11 is 0. The van der Waals surface area contributed by atoms with Crippen LogP contribution in [0.1, 0.15) is 11.3 Å². The van der Waals surface area contributed by atoms with Gasteiger partial charge in [0.15, 0.2) is 0 Å². The number of rotatable bonds is 1. The molecule has 1 aliphatic heterocycles. The van der Waals surface area contributed by atoms with Crippen LogP contribution in [0.4, 0.5) is 0 Å². The van der Waals surface area contributed by atoms with E-state index in [1.54, 1.807) is 6.20 Å². The maximum Gasteiger partial charge on any atom is 0.135 e. The average molecular weight is 302 g/mol. The third-order valence-electron chi connectivity index (χ3n) is 4.26. The van der Waals surface area contributed by atoms with Crippen molar-refractivity contribution >= 4 is 11.0 Å². The van der Waals surface area contributed by atoms with Crippen LogP contribution >= 0.6 is 0 Å². The molecule has 5 heteroatoms. The third-order valence-corrected chi connectivity index (χ3v) is 4.26. The van der Waals surface area contributed by atoms with Crippen molar-refractivity contribution < 1.29 is 4.42 Å². The molecule has 0 atom stereocenters. The Morgan fingerprint density at radius 1 is 1.04 bits per heavy atom. The summed E-state index contributed by atoms with van der Waals surface area (Å²) in [6.45, 7) is 1.56. The van der Waals surface area contributed by atoms with Gasteiger partial charge in [0.1, 0.15) is 11.3 Å². The van der Waals surface area contributed by atoms with E-state index in [2.05, 4.69) is 46.0 Å². The Morgan fingerprint density at radius 2 is 2.00 bits per heavy atom. The zero-order valence-corrected chi connectivity index (χ0v) is 12.4. The van der Waals surface area contributed by atoms with Gasteiger partial charge in [0.2, 0.25) is 0 Å². The molecule has 0 unspecified atom stereocenters. The van der Waals surface area contributed by atoms with Gasteiger partial charge in [0.05, 0.1) is 17.6 Å². The number of nitrogens with one attached hydrogen (secondary N) is 1. The third kappa shape index (κ3) is 1.98. The van der Waals surface area contributed by atoms with Crippen molar-refractivity contribution in [2.45, 2.75) is 13.1 Å². The van der Waals surface area contributed by atoms with E-state index in [0.717, 1.165) is 46.8 Å². The van der Waals surface area contributed by atoms with E-state index < -0.39 is 0 Å². The molecule has 1 aliphatic rings. The van der Waals surface area contributed by atoms with Gasteiger partial charge >= 0.3 is 0 Å². The van der Waals surface area contributed by atoms with Crippen molar-refractivity contribution in [3.05, 3.63) is 66.0 Å². The van der Waals surface area contributed by atoms with Crippen molar-refractivity contribution in [2.24, 2.45) is 0 Å². The first-order chi connectivity index (χ1) is 11.4. The van der Waals surface area contributed by atoms with Gasteiger partial charge in [-0.05, 0) is 35.9 Å². The molecule has 1 N–H and O–H groups in total. The number of aromatic nitrogens is 3. The van der Waals surface area contributed by atoms with Gasteiger partial charge in [0.25, 0.3) is 0 Å². The molecule has 0 amide bonds. The summed E-state index contributed by atoms with van der Waals surface area (Å²) in [4.78, 5) is 0. The average Bonchev–Trinajstić information content (AvgIpc) is 3.18. The minimum absolute atomic E-state index is 0.766. The smallest absolute Gasteiger partial charge is 0.135 e. The topological polar surface area (TPSA) is 55.9 Å². The van der Waals surface area contributed by atoms with E-state index in [1.165, 1.54) is 5.56 Å². The highest BCUT2D eigenvalue weighted by Gasteiger charge is 2.16. The molecule has 2 aromatic carbocycles. The largest absolute Gasteiger partial charge is 0.456 e. The van der Waals surface area contributed by atoms with E-state index in [-0.39, 0.29) is 0 Å². The van der Waals surface area contributed by atoms with E-state index in [9.17, 15) is 0 Å².